The lowest BCUT2D eigenvalue weighted by atomic mass is 10.1. The molecule has 1 aromatic rings. The summed E-state index contributed by atoms with van der Waals surface area (Å²) >= 11 is 0. The van der Waals surface area contributed by atoms with Crippen molar-refractivity contribution in [1.82, 2.24) is 4.31 Å². The third kappa shape index (κ3) is 4.03. The van der Waals surface area contributed by atoms with Crippen LogP contribution in [0.15, 0.2) is 23.1 Å². The first-order chi connectivity index (χ1) is 8.93. The van der Waals surface area contributed by atoms with Crippen LogP contribution in [0.1, 0.15) is 37.3 Å². The molecule has 4 nitrogen and oxygen atoms in total. The highest BCUT2D eigenvalue weighted by Gasteiger charge is 2.22. The Morgan fingerprint density at radius 3 is 2.47 bits per heavy atom. The number of nitrogens with two attached hydrogens (primary N) is 1. The lowest BCUT2D eigenvalue weighted by Gasteiger charge is -2.18. The van der Waals surface area contributed by atoms with Crippen molar-refractivity contribution in [3.05, 3.63) is 29.3 Å². The van der Waals surface area contributed by atoms with Crippen LogP contribution in [-0.4, -0.2) is 26.3 Å². The average Bonchev–Trinajstić information content (AvgIpc) is 2.38. The van der Waals surface area contributed by atoms with Crippen molar-refractivity contribution < 1.29 is 8.42 Å². The minimum absolute atomic E-state index is 0.378. The Morgan fingerprint density at radius 2 is 1.95 bits per heavy atom. The van der Waals surface area contributed by atoms with Gasteiger partial charge in [-0.15, -0.1) is 0 Å². The molecule has 0 spiro atoms. The number of benzene rings is 1. The van der Waals surface area contributed by atoms with E-state index in [4.69, 9.17) is 5.73 Å². The Morgan fingerprint density at radius 1 is 1.26 bits per heavy atom. The number of hydrogen-bond donors (Lipinski definition) is 1. The number of unbranched alkanes of at least 4 members (excludes halogenated alkanes) is 2. The second-order valence-corrected chi connectivity index (χ2v) is 6.85. The van der Waals surface area contributed by atoms with E-state index in [-0.39, 0.29) is 0 Å². The summed E-state index contributed by atoms with van der Waals surface area (Å²) in [7, 11) is -1.74. The van der Waals surface area contributed by atoms with Gasteiger partial charge in [0.2, 0.25) is 10.0 Å². The first-order valence-electron chi connectivity index (χ1n) is 6.69. The second kappa shape index (κ2) is 7.03. The van der Waals surface area contributed by atoms with Gasteiger partial charge in [0.05, 0.1) is 4.90 Å². The van der Waals surface area contributed by atoms with Crippen LogP contribution >= 0.6 is 0 Å². The van der Waals surface area contributed by atoms with Crippen molar-refractivity contribution in [2.75, 3.05) is 13.6 Å². The van der Waals surface area contributed by atoms with Gasteiger partial charge < -0.3 is 5.73 Å². The zero-order valence-electron chi connectivity index (χ0n) is 12.0. The third-order valence-corrected chi connectivity index (χ3v) is 5.26. The Bertz CT molecular complexity index is 512. The molecule has 0 atom stereocenters. The molecule has 0 saturated carbocycles. The lowest BCUT2D eigenvalue weighted by molar-refractivity contribution is 0.454. The van der Waals surface area contributed by atoms with Crippen LogP contribution in [0.3, 0.4) is 0 Å². The van der Waals surface area contributed by atoms with E-state index in [1.54, 1.807) is 19.2 Å². The number of hydrogen-bond acceptors (Lipinski definition) is 3. The van der Waals surface area contributed by atoms with Gasteiger partial charge in [-0.25, -0.2) is 12.7 Å². The van der Waals surface area contributed by atoms with E-state index in [9.17, 15) is 8.42 Å². The van der Waals surface area contributed by atoms with Crippen LogP contribution in [0.25, 0.3) is 0 Å². The van der Waals surface area contributed by atoms with Crippen molar-refractivity contribution in [2.24, 2.45) is 5.73 Å². The largest absolute Gasteiger partial charge is 0.326 e. The van der Waals surface area contributed by atoms with E-state index in [1.807, 2.05) is 13.0 Å². The van der Waals surface area contributed by atoms with Crippen LogP contribution in [0.5, 0.6) is 0 Å². The van der Waals surface area contributed by atoms with Crippen LogP contribution in [0.2, 0.25) is 0 Å². The van der Waals surface area contributed by atoms with Crippen LogP contribution in [0, 0.1) is 6.92 Å². The zero-order valence-corrected chi connectivity index (χ0v) is 12.8. The molecule has 0 fully saturated rings. The molecule has 0 unspecified atom stereocenters. The van der Waals surface area contributed by atoms with Crippen molar-refractivity contribution in [1.29, 1.82) is 0 Å². The van der Waals surface area contributed by atoms with Crippen LogP contribution < -0.4 is 5.73 Å². The quantitative estimate of drug-likeness (QED) is 0.781. The predicted molar refractivity (Wildman–Crippen MR) is 78.4 cm³/mol. The summed E-state index contributed by atoms with van der Waals surface area (Å²) in [6.45, 7) is 4.90. The first kappa shape index (κ1) is 16.1. The monoisotopic (exact) mass is 284 g/mol. The fourth-order valence-corrected chi connectivity index (χ4v) is 3.41. The van der Waals surface area contributed by atoms with E-state index in [1.165, 1.54) is 4.31 Å². The van der Waals surface area contributed by atoms with E-state index in [0.29, 0.717) is 18.0 Å². The summed E-state index contributed by atoms with van der Waals surface area (Å²) in [5.41, 5.74) is 7.26. The van der Waals surface area contributed by atoms with Gasteiger partial charge >= 0.3 is 0 Å². The summed E-state index contributed by atoms with van der Waals surface area (Å²) in [4.78, 5) is 0.378. The fourth-order valence-electron chi connectivity index (χ4n) is 2.00. The molecule has 1 rings (SSSR count). The van der Waals surface area contributed by atoms with Crippen molar-refractivity contribution >= 4 is 10.0 Å². The molecule has 0 saturated heterocycles. The number of nitrogens with zero attached hydrogens (tertiary/aromatic N) is 1. The highest BCUT2D eigenvalue weighted by molar-refractivity contribution is 7.89. The summed E-state index contributed by atoms with van der Waals surface area (Å²) < 4.78 is 26.3. The van der Waals surface area contributed by atoms with E-state index in [2.05, 4.69) is 6.92 Å². The molecule has 108 valence electrons. The maximum absolute atomic E-state index is 12.4. The van der Waals surface area contributed by atoms with Gasteiger partial charge in [-0.05, 0) is 30.5 Å². The zero-order chi connectivity index (χ0) is 14.5. The van der Waals surface area contributed by atoms with E-state index in [0.717, 1.165) is 30.4 Å². The van der Waals surface area contributed by atoms with Crippen molar-refractivity contribution in [2.45, 2.75) is 44.6 Å². The summed E-state index contributed by atoms with van der Waals surface area (Å²) in [6, 6.07) is 5.27. The molecule has 0 heterocycles. The van der Waals surface area contributed by atoms with E-state index < -0.39 is 10.0 Å². The minimum Gasteiger partial charge on any atom is -0.326 e. The smallest absolute Gasteiger partial charge is 0.243 e. The Labute approximate surface area is 116 Å². The van der Waals surface area contributed by atoms with Crippen LogP contribution in [0.4, 0.5) is 0 Å². The molecule has 0 aliphatic rings. The molecule has 0 aliphatic carbocycles. The molecule has 0 bridgehead atoms. The number of sulfonamides is 1. The summed E-state index contributed by atoms with van der Waals surface area (Å²) in [6.07, 6.45) is 3.02. The highest BCUT2D eigenvalue weighted by Crippen LogP contribution is 2.20. The topological polar surface area (TPSA) is 63.4 Å². The van der Waals surface area contributed by atoms with Crippen LogP contribution in [-0.2, 0) is 16.6 Å². The molecule has 1 aromatic carbocycles. The molecule has 19 heavy (non-hydrogen) atoms. The average molecular weight is 284 g/mol. The third-order valence-electron chi connectivity index (χ3n) is 3.24. The molecule has 0 aromatic heterocycles. The molecule has 0 aliphatic heterocycles. The predicted octanol–water partition coefficient (Wildman–Crippen LogP) is 2.26. The standard InChI is InChI=1S/C14H24N2O2S/c1-4-5-6-9-16(3)19(17,18)14-8-7-13(11-15)10-12(14)2/h7-8,10H,4-6,9,11,15H2,1-3H3. The molecule has 0 radical (unpaired) electrons. The highest BCUT2D eigenvalue weighted by atomic mass is 32.2. The van der Waals surface area contributed by atoms with Gasteiger partial charge in [-0.3, -0.25) is 0 Å². The van der Waals surface area contributed by atoms with Gasteiger partial charge in [0.15, 0.2) is 0 Å². The van der Waals surface area contributed by atoms with Gasteiger partial charge in [-0.1, -0.05) is 31.9 Å². The fraction of sp³-hybridized carbons (Fsp3) is 0.571. The maximum Gasteiger partial charge on any atom is 0.243 e. The molecule has 5 heteroatoms. The van der Waals surface area contributed by atoms with Crippen molar-refractivity contribution in [3.8, 4) is 0 Å². The normalized spacial score (nSPS) is 12.1. The Kier molecular flexibility index (Phi) is 5.97. The van der Waals surface area contributed by atoms with Gasteiger partial charge in [0.25, 0.3) is 0 Å². The molecule has 0 amide bonds. The summed E-state index contributed by atoms with van der Waals surface area (Å²) in [5, 5.41) is 0. The lowest BCUT2D eigenvalue weighted by Crippen LogP contribution is -2.28. The number of aryl methyl sites for hydroxylation is 1. The summed E-state index contributed by atoms with van der Waals surface area (Å²) in [5.74, 6) is 0. The number of rotatable bonds is 7. The first-order valence-corrected chi connectivity index (χ1v) is 8.13. The van der Waals surface area contributed by atoms with Gasteiger partial charge in [0, 0.05) is 20.1 Å². The SMILES string of the molecule is CCCCCN(C)S(=O)(=O)c1ccc(CN)cc1C. The molecular formula is C14H24N2O2S. The maximum atomic E-state index is 12.4. The Balaban J connectivity index is 2.93. The molecular weight excluding hydrogens is 260 g/mol. The van der Waals surface area contributed by atoms with Gasteiger partial charge in [0.1, 0.15) is 0 Å². The Hall–Kier alpha value is -0.910. The van der Waals surface area contributed by atoms with Crippen molar-refractivity contribution in [3.63, 3.8) is 0 Å². The minimum atomic E-state index is -3.38. The second-order valence-electron chi connectivity index (χ2n) is 4.84. The van der Waals surface area contributed by atoms with Gasteiger partial charge in [-0.2, -0.15) is 0 Å². The van der Waals surface area contributed by atoms with E-state index >= 15 is 0 Å². The molecule has 2 N–H and O–H groups in total.